The van der Waals surface area contributed by atoms with Crippen LogP contribution >= 0.6 is 15.9 Å². The number of hydrogen-bond acceptors (Lipinski definition) is 1. The first kappa shape index (κ1) is 15.3. The minimum absolute atomic E-state index is 0.362. The van der Waals surface area contributed by atoms with Crippen molar-refractivity contribution in [2.24, 2.45) is 0 Å². The molecule has 1 aromatic carbocycles. The van der Waals surface area contributed by atoms with Gasteiger partial charge in [0.2, 0.25) is 0 Å². The van der Waals surface area contributed by atoms with Crippen molar-refractivity contribution < 1.29 is 31.1 Å². The van der Waals surface area contributed by atoms with Crippen molar-refractivity contribution in [1.29, 1.82) is 0 Å². The van der Waals surface area contributed by atoms with Gasteiger partial charge in [-0.05, 0) is 12.1 Å². The molecular weight excluding hydrogens is 330 g/mol. The molecule has 0 atom stereocenters. The zero-order valence-electron chi connectivity index (χ0n) is 8.86. The van der Waals surface area contributed by atoms with Crippen LogP contribution in [0.25, 0.3) is 0 Å². The van der Waals surface area contributed by atoms with Gasteiger partial charge in [0.05, 0.1) is 0 Å². The van der Waals surface area contributed by atoms with E-state index >= 15 is 0 Å². The average molecular weight is 337 g/mol. The van der Waals surface area contributed by atoms with Crippen LogP contribution in [-0.2, 0) is 10.3 Å². The molecule has 0 aliphatic rings. The molecule has 0 aliphatic heterocycles. The van der Waals surface area contributed by atoms with Gasteiger partial charge in [-0.2, -0.15) is 26.3 Å². The molecule has 1 aromatic rings. The van der Waals surface area contributed by atoms with E-state index in [0.29, 0.717) is 23.7 Å². The van der Waals surface area contributed by atoms with E-state index < -0.39 is 23.5 Å². The van der Waals surface area contributed by atoms with E-state index in [1.807, 2.05) is 0 Å². The number of ether oxygens (including phenoxy) is 1. The van der Waals surface area contributed by atoms with Crippen molar-refractivity contribution in [1.82, 2.24) is 0 Å². The summed E-state index contributed by atoms with van der Waals surface area (Å²) in [6.07, 6.45) is -11.2. The lowest BCUT2D eigenvalue weighted by atomic mass is 9.92. The summed E-state index contributed by atoms with van der Waals surface area (Å²) in [7, 11) is 0.378. The molecule has 0 N–H and O–H groups in total. The summed E-state index contributed by atoms with van der Waals surface area (Å²) in [6.45, 7) is 0. The minimum atomic E-state index is -5.62. The molecule has 0 unspecified atom stereocenters. The van der Waals surface area contributed by atoms with Gasteiger partial charge in [-0.3, -0.25) is 0 Å². The smallest absolute Gasteiger partial charge is 0.357 e. The van der Waals surface area contributed by atoms with E-state index in [0.717, 1.165) is 12.1 Å². The molecule has 0 spiro atoms. The van der Waals surface area contributed by atoms with Crippen LogP contribution in [0.2, 0.25) is 0 Å². The Hall–Kier alpha value is -0.760. The molecule has 1 rings (SSSR count). The van der Waals surface area contributed by atoms with Crippen molar-refractivity contribution in [2.45, 2.75) is 18.0 Å². The molecule has 0 fully saturated rings. The monoisotopic (exact) mass is 336 g/mol. The molecule has 0 radical (unpaired) electrons. The van der Waals surface area contributed by atoms with Gasteiger partial charge in [0.1, 0.15) is 0 Å². The van der Waals surface area contributed by atoms with Gasteiger partial charge >= 0.3 is 12.4 Å². The van der Waals surface area contributed by atoms with E-state index in [9.17, 15) is 26.3 Å². The highest BCUT2D eigenvalue weighted by Gasteiger charge is 2.72. The fraction of sp³-hybridized carbons (Fsp3) is 0.400. The summed E-state index contributed by atoms with van der Waals surface area (Å²) in [6, 6.07) is 3.60. The normalized spacial score (nSPS) is 13.8. The quantitative estimate of drug-likeness (QED) is 0.726. The van der Waals surface area contributed by atoms with Crippen molar-refractivity contribution in [3.8, 4) is 0 Å². The largest absolute Gasteiger partial charge is 0.430 e. The summed E-state index contributed by atoms with van der Waals surface area (Å²) in [5.41, 5.74) is -5.34. The van der Waals surface area contributed by atoms with Crippen LogP contribution in [0.4, 0.5) is 26.3 Å². The van der Waals surface area contributed by atoms with Gasteiger partial charge < -0.3 is 4.74 Å². The summed E-state index contributed by atoms with van der Waals surface area (Å²) in [4.78, 5) is 0. The summed E-state index contributed by atoms with van der Waals surface area (Å²) < 4.78 is 81.0. The standard InChI is InChI=1S/C10H7BrF6O/c1-18-8(9(12,13)14,10(15,16)17)6-2-4-7(11)5-3-6/h2-5H,1H3. The molecule has 0 aromatic heterocycles. The first-order chi connectivity index (χ1) is 8.06. The topological polar surface area (TPSA) is 9.23 Å². The van der Waals surface area contributed by atoms with Crippen LogP contribution < -0.4 is 0 Å². The van der Waals surface area contributed by atoms with Crippen LogP contribution in [-0.4, -0.2) is 19.5 Å². The maximum atomic E-state index is 12.8. The van der Waals surface area contributed by atoms with Crippen LogP contribution in [0, 0.1) is 0 Å². The van der Waals surface area contributed by atoms with Crippen molar-refractivity contribution >= 4 is 15.9 Å². The van der Waals surface area contributed by atoms with Crippen molar-refractivity contribution in [2.75, 3.05) is 7.11 Å². The van der Waals surface area contributed by atoms with E-state index in [4.69, 9.17) is 0 Å². The van der Waals surface area contributed by atoms with Crippen molar-refractivity contribution in [3.63, 3.8) is 0 Å². The zero-order chi connectivity index (χ0) is 14.2. The molecule has 0 bridgehead atoms. The number of halogens is 7. The maximum absolute atomic E-state index is 12.8. The molecule has 0 heterocycles. The molecule has 0 saturated heterocycles. The predicted octanol–water partition coefficient (Wildman–Crippen LogP) is 4.42. The lowest BCUT2D eigenvalue weighted by Crippen LogP contribution is -2.55. The van der Waals surface area contributed by atoms with E-state index in [2.05, 4.69) is 20.7 Å². The predicted molar refractivity (Wildman–Crippen MR) is 54.9 cm³/mol. The van der Waals surface area contributed by atoms with Gasteiger partial charge in [0, 0.05) is 17.1 Å². The number of benzene rings is 1. The van der Waals surface area contributed by atoms with Crippen LogP contribution in [0.1, 0.15) is 5.56 Å². The molecule has 0 amide bonds. The molecule has 0 saturated carbocycles. The maximum Gasteiger partial charge on any atom is 0.430 e. The Labute approximate surface area is 107 Å². The number of rotatable bonds is 2. The first-order valence-corrected chi connectivity index (χ1v) is 5.30. The summed E-state index contributed by atoms with van der Waals surface area (Å²) >= 11 is 2.93. The van der Waals surface area contributed by atoms with E-state index in [-0.39, 0.29) is 0 Å². The van der Waals surface area contributed by atoms with Gasteiger partial charge in [0.25, 0.3) is 5.60 Å². The molecular formula is C10H7BrF6O. The second-order valence-electron chi connectivity index (χ2n) is 3.39. The lowest BCUT2D eigenvalue weighted by Gasteiger charge is -2.36. The van der Waals surface area contributed by atoms with Gasteiger partial charge in [-0.15, -0.1) is 0 Å². The SMILES string of the molecule is COC(c1ccc(Br)cc1)(C(F)(F)F)C(F)(F)F. The second kappa shape index (κ2) is 4.73. The second-order valence-corrected chi connectivity index (χ2v) is 4.30. The van der Waals surface area contributed by atoms with Crippen molar-refractivity contribution in [3.05, 3.63) is 34.3 Å². The molecule has 18 heavy (non-hydrogen) atoms. The Kier molecular flexibility index (Phi) is 4.02. The highest BCUT2D eigenvalue weighted by Crippen LogP contribution is 2.52. The van der Waals surface area contributed by atoms with E-state index in [1.165, 1.54) is 0 Å². The number of alkyl halides is 6. The third kappa shape index (κ3) is 2.35. The summed E-state index contributed by atoms with van der Waals surface area (Å²) in [5, 5.41) is 0. The Balaban J connectivity index is 3.51. The highest BCUT2D eigenvalue weighted by atomic mass is 79.9. The van der Waals surface area contributed by atoms with Crippen LogP contribution in [0.15, 0.2) is 28.7 Å². The van der Waals surface area contributed by atoms with Gasteiger partial charge in [0.15, 0.2) is 0 Å². The van der Waals surface area contributed by atoms with Crippen LogP contribution in [0.5, 0.6) is 0 Å². The Bertz CT molecular complexity index is 394. The fourth-order valence-electron chi connectivity index (χ4n) is 1.52. The molecule has 1 nitrogen and oxygen atoms in total. The fourth-order valence-corrected chi connectivity index (χ4v) is 1.79. The Morgan fingerprint density at radius 1 is 0.889 bits per heavy atom. The average Bonchev–Trinajstić information content (AvgIpc) is 2.18. The first-order valence-electron chi connectivity index (χ1n) is 4.51. The Morgan fingerprint density at radius 3 is 1.56 bits per heavy atom. The lowest BCUT2D eigenvalue weighted by molar-refractivity contribution is -0.383. The number of hydrogen-bond donors (Lipinski definition) is 0. The third-order valence-corrected chi connectivity index (χ3v) is 2.88. The highest BCUT2D eigenvalue weighted by molar-refractivity contribution is 9.10. The molecule has 0 aliphatic carbocycles. The van der Waals surface area contributed by atoms with E-state index in [1.54, 1.807) is 0 Å². The van der Waals surface area contributed by atoms with Gasteiger partial charge in [-0.25, -0.2) is 0 Å². The summed E-state index contributed by atoms with van der Waals surface area (Å²) in [5.74, 6) is 0. The zero-order valence-corrected chi connectivity index (χ0v) is 10.4. The minimum Gasteiger partial charge on any atom is -0.357 e. The molecule has 8 heteroatoms. The third-order valence-electron chi connectivity index (χ3n) is 2.36. The molecule has 102 valence electrons. The van der Waals surface area contributed by atoms with Crippen LogP contribution in [0.3, 0.4) is 0 Å². The number of methoxy groups -OCH3 is 1. The van der Waals surface area contributed by atoms with Gasteiger partial charge in [-0.1, -0.05) is 28.1 Å². The Morgan fingerprint density at radius 2 is 1.28 bits per heavy atom.